The van der Waals surface area contributed by atoms with E-state index in [0.29, 0.717) is 41.6 Å². The standard InChI is InChI=1S/C22H21FN2O3/c1-27-20-8-4-5-9-21(20)28-15-14-24-22(26)18-6-2-3-7-19(18)25-17-12-10-16(23)11-13-17/h2-13,25H,14-15H2,1H3,(H,24,26). The van der Waals surface area contributed by atoms with Gasteiger partial charge in [0.2, 0.25) is 0 Å². The Morgan fingerprint density at radius 2 is 1.61 bits per heavy atom. The maximum atomic E-state index is 13.1. The number of anilines is 2. The molecule has 0 radical (unpaired) electrons. The van der Waals surface area contributed by atoms with Gasteiger partial charge in [0.1, 0.15) is 12.4 Å². The second-order valence-electron chi connectivity index (χ2n) is 5.93. The number of ether oxygens (including phenoxy) is 2. The van der Waals surface area contributed by atoms with Gasteiger partial charge in [-0.25, -0.2) is 4.39 Å². The van der Waals surface area contributed by atoms with Crippen molar-refractivity contribution in [1.29, 1.82) is 0 Å². The first-order chi connectivity index (χ1) is 13.7. The van der Waals surface area contributed by atoms with Crippen LogP contribution < -0.4 is 20.1 Å². The summed E-state index contributed by atoms with van der Waals surface area (Å²) in [5.74, 6) is 0.723. The third kappa shape index (κ3) is 5.01. The van der Waals surface area contributed by atoms with Crippen LogP contribution >= 0.6 is 0 Å². The van der Waals surface area contributed by atoms with Gasteiger partial charge < -0.3 is 20.1 Å². The van der Waals surface area contributed by atoms with Gasteiger partial charge in [0.25, 0.3) is 5.91 Å². The number of hydrogen-bond donors (Lipinski definition) is 2. The topological polar surface area (TPSA) is 59.6 Å². The highest BCUT2D eigenvalue weighted by Crippen LogP contribution is 2.25. The van der Waals surface area contributed by atoms with Crippen LogP contribution in [0.5, 0.6) is 11.5 Å². The Labute approximate surface area is 163 Å². The van der Waals surface area contributed by atoms with Crippen LogP contribution in [0, 0.1) is 5.82 Å². The zero-order valence-corrected chi connectivity index (χ0v) is 15.4. The summed E-state index contributed by atoms with van der Waals surface area (Å²) in [5, 5.41) is 5.97. The number of carbonyl (C=O) groups excluding carboxylic acids is 1. The summed E-state index contributed by atoms with van der Waals surface area (Å²) < 4.78 is 24.0. The molecule has 0 unspecified atom stereocenters. The molecule has 0 spiro atoms. The predicted octanol–water partition coefficient (Wildman–Crippen LogP) is 4.39. The van der Waals surface area contributed by atoms with Gasteiger partial charge in [0.05, 0.1) is 24.9 Å². The number of nitrogens with one attached hydrogen (secondary N) is 2. The van der Waals surface area contributed by atoms with E-state index in [1.54, 1.807) is 37.4 Å². The molecular weight excluding hydrogens is 359 g/mol. The number of methoxy groups -OCH3 is 1. The van der Waals surface area contributed by atoms with Crippen molar-refractivity contribution in [3.05, 3.63) is 84.2 Å². The van der Waals surface area contributed by atoms with Crippen molar-refractivity contribution in [2.75, 3.05) is 25.6 Å². The molecule has 0 aliphatic rings. The fourth-order valence-corrected chi connectivity index (χ4v) is 2.64. The summed E-state index contributed by atoms with van der Waals surface area (Å²) >= 11 is 0. The molecule has 0 aliphatic heterocycles. The Hall–Kier alpha value is -3.54. The fourth-order valence-electron chi connectivity index (χ4n) is 2.64. The molecule has 0 atom stereocenters. The smallest absolute Gasteiger partial charge is 0.253 e. The Kier molecular flexibility index (Phi) is 6.46. The Bertz CT molecular complexity index is 929. The van der Waals surface area contributed by atoms with Crippen LogP contribution in [0.2, 0.25) is 0 Å². The van der Waals surface area contributed by atoms with Crippen LogP contribution in [0.3, 0.4) is 0 Å². The molecule has 0 saturated carbocycles. The molecule has 3 aromatic carbocycles. The molecule has 3 rings (SSSR count). The average Bonchev–Trinajstić information content (AvgIpc) is 2.73. The Morgan fingerprint density at radius 3 is 2.36 bits per heavy atom. The van der Waals surface area contributed by atoms with Crippen molar-refractivity contribution >= 4 is 17.3 Å². The lowest BCUT2D eigenvalue weighted by Gasteiger charge is -2.13. The second-order valence-corrected chi connectivity index (χ2v) is 5.93. The van der Waals surface area contributed by atoms with E-state index in [4.69, 9.17) is 9.47 Å². The van der Waals surface area contributed by atoms with E-state index in [2.05, 4.69) is 10.6 Å². The fraction of sp³-hybridized carbons (Fsp3) is 0.136. The van der Waals surface area contributed by atoms with E-state index in [-0.39, 0.29) is 11.7 Å². The summed E-state index contributed by atoms with van der Waals surface area (Å²) in [4.78, 5) is 12.6. The molecule has 5 nitrogen and oxygen atoms in total. The normalized spacial score (nSPS) is 10.2. The zero-order chi connectivity index (χ0) is 19.8. The van der Waals surface area contributed by atoms with E-state index in [1.807, 2.05) is 30.3 Å². The van der Waals surface area contributed by atoms with Gasteiger partial charge in [0, 0.05) is 5.69 Å². The van der Waals surface area contributed by atoms with Gasteiger partial charge in [-0.05, 0) is 48.5 Å². The molecule has 0 aliphatic carbocycles. The van der Waals surface area contributed by atoms with Crippen LogP contribution in [-0.2, 0) is 0 Å². The van der Waals surface area contributed by atoms with Crippen LogP contribution in [0.4, 0.5) is 15.8 Å². The molecule has 0 saturated heterocycles. The predicted molar refractivity (Wildman–Crippen MR) is 107 cm³/mol. The van der Waals surface area contributed by atoms with Gasteiger partial charge in [-0.15, -0.1) is 0 Å². The van der Waals surface area contributed by atoms with Crippen LogP contribution in [0.15, 0.2) is 72.8 Å². The highest BCUT2D eigenvalue weighted by molar-refractivity contribution is 6.00. The molecule has 2 N–H and O–H groups in total. The molecule has 28 heavy (non-hydrogen) atoms. The van der Waals surface area contributed by atoms with E-state index in [0.717, 1.165) is 0 Å². The minimum absolute atomic E-state index is 0.228. The van der Waals surface area contributed by atoms with Gasteiger partial charge in [0.15, 0.2) is 11.5 Å². The molecule has 3 aromatic rings. The van der Waals surface area contributed by atoms with Crippen molar-refractivity contribution in [2.45, 2.75) is 0 Å². The third-order valence-corrected chi connectivity index (χ3v) is 4.01. The number of para-hydroxylation sites is 3. The van der Waals surface area contributed by atoms with Crippen molar-refractivity contribution in [3.63, 3.8) is 0 Å². The lowest BCUT2D eigenvalue weighted by molar-refractivity contribution is 0.0947. The third-order valence-electron chi connectivity index (χ3n) is 4.01. The largest absolute Gasteiger partial charge is 0.493 e. The highest BCUT2D eigenvalue weighted by atomic mass is 19.1. The van der Waals surface area contributed by atoms with Gasteiger partial charge in [-0.2, -0.15) is 0 Å². The molecule has 0 aromatic heterocycles. The molecule has 0 fully saturated rings. The van der Waals surface area contributed by atoms with Crippen molar-refractivity contribution in [1.82, 2.24) is 5.32 Å². The number of hydrogen-bond acceptors (Lipinski definition) is 4. The summed E-state index contributed by atoms with van der Waals surface area (Å²) in [6.07, 6.45) is 0. The number of rotatable bonds is 8. The van der Waals surface area contributed by atoms with E-state index < -0.39 is 0 Å². The van der Waals surface area contributed by atoms with Gasteiger partial charge >= 0.3 is 0 Å². The quantitative estimate of drug-likeness (QED) is 0.569. The summed E-state index contributed by atoms with van der Waals surface area (Å²) in [6, 6.07) is 20.4. The van der Waals surface area contributed by atoms with Crippen molar-refractivity contribution < 1.29 is 18.7 Å². The lowest BCUT2D eigenvalue weighted by atomic mass is 10.1. The van der Waals surface area contributed by atoms with Gasteiger partial charge in [-0.1, -0.05) is 24.3 Å². The SMILES string of the molecule is COc1ccccc1OCCNC(=O)c1ccccc1Nc1ccc(F)cc1. The van der Waals surface area contributed by atoms with E-state index in [9.17, 15) is 9.18 Å². The molecule has 0 bridgehead atoms. The number of benzene rings is 3. The molecule has 1 amide bonds. The van der Waals surface area contributed by atoms with Crippen molar-refractivity contribution in [2.24, 2.45) is 0 Å². The minimum atomic E-state index is -0.313. The number of halogens is 1. The first-order valence-corrected chi connectivity index (χ1v) is 8.83. The average molecular weight is 380 g/mol. The minimum Gasteiger partial charge on any atom is -0.493 e. The van der Waals surface area contributed by atoms with Crippen LogP contribution in [0.1, 0.15) is 10.4 Å². The second kappa shape index (κ2) is 9.41. The molecular formula is C22H21FN2O3. The summed E-state index contributed by atoms with van der Waals surface area (Å²) in [5.41, 5.74) is 1.82. The zero-order valence-electron chi connectivity index (χ0n) is 15.4. The molecule has 0 heterocycles. The summed E-state index contributed by atoms with van der Waals surface area (Å²) in [6.45, 7) is 0.640. The van der Waals surface area contributed by atoms with E-state index in [1.165, 1.54) is 12.1 Å². The number of amides is 1. The maximum absolute atomic E-state index is 13.1. The monoisotopic (exact) mass is 380 g/mol. The number of carbonyl (C=O) groups is 1. The van der Waals surface area contributed by atoms with Crippen LogP contribution in [0.25, 0.3) is 0 Å². The molecule has 144 valence electrons. The summed E-state index contributed by atoms with van der Waals surface area (Å²) in [7, 11) is 1.58. The first kappa shape index (κ1) is 19.2. The van der Waals surface area contributed by atoms with E-state index >= 15 is 0 Å². The highest BCUT2D eigenvalue weighted by Gasteiger charge is 2.11. The molecule has 6 heteroatoms. The van der Waals surface area contributed by atoms with Gasteiger partial charge in [-0.3, -0.25) is 4.79 Å². The van der Waals surface area contributed by atoms with Crippen molar-refractivity contribution in [3.8, 4) is 11.5 Å². The van der Waals surface area contributed by atoms with Crippen LogP contribution in [-0.4, -0.2) is 26.2 Å². The first-order valence-electron chi connectivity index (χ1n) is 8.83. The maximum Gasteiger partial charge on any atom is 0.253 e. The lowest BCUT2D eigenvalue weighted by Crippen LogP contribution is -2.28. The Morgan fingerprint density at radius 1 is 0.929 bits per heavy atom. The Balaban J connectivity index is 1.58.